The first-order valence-electron chi connectivity index (χ1n) is 5.06. The Balaban J connectivity index is 2.31. The highest BCUT2D eigenvalue weighted by atomic mass is 79.9. The second-order valence-corrected chi connectivity index (χ2v) is 5.60. The molecule has 0 amide bonds. The maximum Gasteiger partial charge on any atom is 0.123 e. The maximum absolute atomic E-state index is 4.43. The smallest absolute Gasteiger partial charge is 0.123 e. The Hall–Kier alpha value is -0.710. The first-order chi connectivity index (χ1) is 7.70. The molecule has 0 unspecified atom stereocenters. The fourth-order valence-corrected chi connectivity index (χ4v) is 2.72. The second-order valence-electron chi connectivity index (χ2n) is 3.63. The van der Waals surface area contributed by atoms with E-state index in [1.165, 1.54) is 16.0 Å². The van der Waals surface area contributed by atoms with E-state index < -0.39 is 0 Å². The molecule has 0 saturated carbocycles. The molecule has 0 fully saturated rings. The van der Waals surface area contributed by atoms with Crippen LogP contribution in [0, 0.1) is 6.92 Å². The molecule has 0 aliphatic rings. The third kappa shape index (κ3) is 2.51. The normalized spacial score (nSPS) is 10.7. The molecule has 0 spiro atoms. The van der Waals surface area contributed by atoms with Crippen molar-refractivity contribution in [1.82, 2.24) is 10.3 Å². The molecule has 0 aliphatic carbocycles. The first kappa shape index (κ1) is 11.8. The number of aromatic nitrogens is 1. The monoisotopic (exact) mass is 296 g/mol. The Labute approximate surface area is 108 Å². The summed E-state index contributed by atoms with van der Waals surface area (Å²) in [5.74, 6) is 0. The van der Waals surface area contributed by atoms with Gasteiger partial charge >= 0.3 is 0 Å². The number of hydrogen-bond donors (Lipinski definition) is 1. The van der Waals surface area contributed by atoms with Crippen molar-refractivity contribution in [3.63, 3.8) is 0 Å². The standard InChI is InChI=1S/C12H13BrN2S/c1-8-3-4-9(5-11(8)13)12-15-7-10(16-12)6-14-2/h3-5,7,14H,6H2,1-2H3. The third-order valence-corrected chi connectivity index (χ3v) is 4.22. The molecular formula is C12H13BrN2S. The molecule has 0 atom stereocenters. The quantitative estimate of drug-likeness (QED) is 0.936. The van der Waals surface area contributed by atoms with Crippen molar-refractivity contribution in [2.75, 3.05) is 7.05 Å². The summed E-state index contributed by atoms with van der Waals surface area (Å²) >= 11 is 5.28. The minimum atomic E-state index is 0.880. The van der Waals surface area contributed by atoms with Crippen molar-refractivity contribution in [2.24, 2.45) is 0 Å². The summed E-state index contributed by atoms with van der Waals surface area (Å²) in [5.41, 5.74) is 2.42. The van der Waals surface area contributed by atoms with Gasteiger partial charge in [0.2, 0.25) is 0 Å². The fourth-order valence-electron chi connectivity index (χ4n) is 1.42. The maximum atomic E-state index is 4.43. The number of halogens is 1. The van der Waals surface area contributed by atoms with Crippen LogP contribution < -0.4 is 5.32 Å². The number of benzene rings is 1. The molecule has 0 saturated heterocycles. The van der Waals surface area contributed by atoms with Crippen LogP contribution in [0.2, 0.25) is 0 Å². The van der Waals surface area contributed by atoms with E-state index in [-0.39, 0.29) is 0 Å². The lowest BCUT2D eigenvalue weighted by Crippen LogP contribution is -2.02. The Bertz CT molecular complexity index is 494. The molecule has 84 valence electrons. The number of rotatable bonds is 3. The lowest BCUT2D eigenvalue weighted by molar-refractivity contribution is 0.829. The lowest BCUT2D eigenvalue weighted by atomic mass is 10.2. The van der Waals surface area contributed by atoms with Crippen LogP contribution in [0.15, 0.2) is 28.9 Å². The van der Waals surface area contributed by atoms with Crippen LogP contribution in [0.25, 0.3) is 10.6 Å². The molecule has 1 N–H and O–H groups in total. The number of hydrogen-bond acceptors (Lipinski definition) is 3. The molecule has 0 aliphatic heterocycles. The molecule has 0 radical (unpaired) electrons. The van der Waals surface area contributed by atoms with Gasteiger partial charge in [-0.05, 0) is 25.6 Å². The van der Waals surface area contributed by atoms with Crippen molar-refractivity contribution in [2.45, 2.75) is 13.5 Å². The highest BCUT2D eigenvalue weighted by Gasteiger charge is 2.05. The van der Waals surface area contributed by atoms with Crippen LogP contribution in [0.4, 0.5) is 0 Å². The first-order valence-corrected chi connectivity index (χ1v) is 6.67. The predicted octanol–water partition coefficient (Wildman–Crippen LogP) is 3.60. The molecule has 1 aromatic heterocycles. The van der Waals surface area contributed by atoms with Crippen molar-refractivity contribution < 1.29 is 0 Å². The van der Waals surface area contributed by atoms with Crippen molar-refractivity contribution in [3.05, 3.63) is 39.3 Å². The predicted molar refractivity (Wildman–Crippen MR) is 72.8 cm³/mol. The molecule has 2 nitrogen and oxygen atoms in total. The zero-order chi connectivity index (χ0) is 11.5. The number of thiazole rings is 1. The summed E-state index contributed by atoms with van der Waals surface area (Å²) in [6.45, 7) is 2.97. The summed E-state index contributed by atoms with van der Waals surface area (Å²) < 4.78 is 1.13. The molecule has 4 heteroatoms. The SMILES string of the molecule is CNCc1cnc(-c2ccc(C)c(Br)c2)s1. The van der Waals surface area contributed by atoms with Gasteiger partial charge in [0.25, 0.3) is 0 Å². The number of aryl methyl sites for hydroxylation is 1. The number of nitrogens with one attached hydrogen (secondary N) is 1. The van der Waals surface area contributed by atoms with Gasteiger partial charge in [0.05, 0.1) is 0 Å². The van der Waals surface area contributed by atoms with Gasteiger partial charge in [0, 0.05) is 27.7 Å². The highest BCUT2D eigenvalue weighted by molar-refractivity contribution is 9.10. The van der Waals surface area contributed by atoms with E-state index in [1.54, 1.807) is 11.3 Å². The van der Waals surface area contributed by atoms with Crippen LogP contribution in [-0.4, -0.2) is 12.0 Å². The van der Waals surface area contributed by atoms with Crippen LogP contribution in [0.1, 0.15) is 10.4 Å². The van der Waals surface area contributed by atoms with Gasteiger partial charge in [-0.3, -0.25) is 0 Å². The summed E-state index contributed by atoms with van der Waals surface area (Å²) in [6.07, 6.45) is 1.93. The number of nitrogens with zero attached hydrogens (tertiary/aromatic N) is 1. The molecule has 1 heterocycles. The topological polar surface area (TPSA) is 24.9 Å². The van der Waals surface area contributed by atoms with Gasteiger partial charge in [0.15, 0.2) is 0 Å². The zero-order valence-corrected chi connectivity index (χ0v) is 11.7. The van der Waals surface area contributed by atoms with Gasteiger partial charge in [-0.25, -0.2) is 4.98 Å². The van der Waals surface area contributed by atoms with E-state index in [0.717, 1.165) is 16.0 Å². The Morgan fingerprint density at radius 2 is 2.25 bits per heavy atom. The van der Waals surface area contributed by atoms with Gasteiger partial charge in [-0.15, -0.1) is 11.3 Å². The minimum Gasteiger partial charge on any atom is -0.315 e. The molecule has 2 rings (SSSR count). The zero-order valence-electron chi connectivity index (χ0n) is 9.25. The summed E-state index contributed by atoms with van der Waals surface area (Å²) in [7, 11) is 1.95. The van der Waals surface area contributed by atoms with Gasteiger partial charge < -0.3 is 5.32 Å². The highest BCUT2D eigenvalue weighted by Crippen LogP contribution is 2.28. The van der Waals surface area contributed by atoms with Gasteiger partial charge in [0.1, 0.15) is 5.01 Å². The van der Waals surface area contributed by atoms with Crippen LogP contribution >= 0.6 is 27.3 Å². The van der Waals surface area contributed by atoms with E-state index in [0.29, 0.717) is 0 Å². The molecule has 0 bridgehead atoms. The summed E-state index contributed by atoms with van der Waals surface area (Å²) in [6, 6.07) is 6.35. The van der Waals surface area contributed by atoms with Gasteiger partial charge in [-0.1, -0.05) is 28.1 Å². The van der Waals surface area contributed by atoms with Crippen LogP contribution in [0.5, 0.6) is 0 Å². The largest absolute Gasteiger partial charge is 0.315 e. The fraction of sp³-hybridized carbons (Fsp3) is 0.250. The van der Waals surface area contributed by atoms with Crippen molar-refractivity contribution in [1.29, 1.82) is 0 Å². The Kier molecular flexibility index (Phi) is 3.74. The third-order valence-electron chi connectivity index (χ3n) is 2.32. The molecule has 16 heavy (non-hydrogen) atoms. The second kappa shape index (κ2) is 5.08. The minimum absolute atomic E-state index is 0.880. The van der Waals surface area contributed by atoms with E-state index in [9.17, 15) is 0 Å². The lowest BCUT2D eigenvalue weighted by Gasteiger charge is -2.00. The van der Waals surface area contributed by atoms with E-state index in [1.807, 2.05) is 13.2 Å². The average Bonchev–Trinajstić information content (AvgIpc) is 2.71. The molecule has 2 aromatic rings. The van der Waals surface area contributed by atoms with Crippen molar-refractivity contribution >= 4 is 27.3 Å². The Morgan fingerprint density at radius 1 is 1.44 bits per heavy atom. The van der Waals surface area contributed by atoms with Crippen LogP contribution in [0.3, 0.4) is 0 Å². The Morgan fingerprint density at radius 3 is 2.94 bits per heavy atom. The molecular weight excluding hydrogens is 284 g/mol. The van der Waals surface area contributed by atoms with Crippen LogP contribution in [-0.2, 0) is 6.54 Å². The van der Waals surface area contributed by atoms with E-state index >= 15 is 0 Å². The summed E-state index contributed by atoms with van der Waals surface area (Å²) in [4.78, 5) is 5.69. The van der Waals surface area contributed by atoms with E-state index in [4.69, 9.17) is 0 Å². The summed E-state index contributed by atoms with van der Waals surface area (Å²) in [5, 5.41) is 4.21. The van der Waals surface area contributed by atoms with Gasteiger partial charge in [-0.2, -0.15) is 0 Å². The molecule has 1 aromatic carbocycles. The van der Waals surface area contributed by atoms with E-state index in [2.05, 4.69) is 51.4 Å². The van der Waals surface area contributed by atoms with Crippen molar-refractivity contribution in [3.8, 4) is 10.6 Å². The average molecular weight is 297 g/mol.